The SMILES string of the molecule is CCOC(=O)C1=C(C)N(C)C(=S)N[C@H]1c1ccc(Cl)cc1. The Labute approximate surface area is 134 Å². The number of thiocarbonyl (C=S) groups is 1. The van der Waals surface area contributed by atoms with Crippen LogP contribution in [0.1, 0.15) is 25.5 Å². The first kappa shape index (κ1) is 15.8. The molecule has 0 aromatic heterocycles. The molecule has 1 aromatic carbocycles. The van der Waals surface area contributed by atoms with Crippen molar-refractivity contribution in [2.45, 2.75) is 19.9 Å². The topological polar surface area (TPSA) is 41.6 Å². The molecule has 0 aliphatic carbocycles. The Bertz CT molecular complexity index is 598. The largest absolute Gasteiger partial charge is 0.463 e. The molecule has 0 saturated heterocycles. The molecule has 21 heavy (non-hydrogen) atoms. The van der Waals surface area contributed by atoms with Gasteiger partial charge in [-0.25, -0.2) is 4.79 Å². The summed E-state index contributed by atoms with van der Waals surface area (Å²) in [7, 11) is 1.82. The first-order valence-electron chi connectivity index (χ1n) is 6.63. The predicted octanol–water partition coefficient (Wildman–Crippen LogP) is 3.04. The number of esters is 1. The summed E-state index contributed by atoms with van der Waals surface area (Å²) in [6, 6.07) is 7.00. The number of nitrogens with one attached hydrogen (secondary N) is 1. The van der Waals surface area contributed by atoms with Gasteiger partial charge in [-0.05, 0) is 43.8 Å². The molecule has 1 N–H and O–H groups in total. The Morgan fingerprint density at radius 1 is 1.43 bits per heavy atom. The molecule has 1 aliphatic heterocycles. The molecule has 1 aromatic rings. The summed E-state index contributed by atoms with van der Waals surface area (Å²) in [5.74, 6) is -0.336. The first-order valence-corrected chi connectivity index (χ1v) is 7.42. The van der Waals surface area contributed by atoms with Crippen molar-refractivity contribution in [2.24, 2.45) is 0 Å². The van der Waals surface area contributed by atoms with Crippen molar-refractivity contribution in [1.29, 1.82) is 0 Å². The van der Waals surface area contributed by atoms with Crippen molar-refractivity contribution in [3.8, 4) is 0 Å². The van der Waals surface area contributed by atoms with Crippen molar-refractivity contribution >= 4 is 34.9 Å². The highest BCUT2D eigenvalue weighted by Crippen LogP contribution is 2.31. The van der Waals surface area contributed by atoms with E-state index in [2.05, 4.69) is 5.32 Å². The van der Waals surface area contributed by atoms with Crippen LogP contribution < -0.4 is 5.32 Å². The average molecular weight is 325 g/mol. The monoisotopic (exact) mass is 324 g/mol. The number of halogens is 1. The van der Waals surface area contributed by atoms with E-state index in [-0.39, 0.29) is 12.0 Å². The van der Waals surface area contributed by atoms with Gasteiger partial charge in [-0.2, -0.15) is 0 Å². The molecule has 1 atom stereocenters. The van der Waals surface area contributed by atoms with Crippen LogP contribution in [0.4, 0.5) is 0 Å². The highest BCUT2D eigenvalue weighted by Gasteiger charge is 2.33. The molecule has 2 rings (SSSR count). The average Bonchev–Trinajstić information content (AvgIpc) is 2.45. The van der Waals surface area contributed by atoms with Crippen LogP contribution in [0.15, 0.2) is 35.5 Å². The number of benzene rings is 1. The third kappa shape index (κ3) is 3.19. The van der Waals surface area contributed by atoms with Gasteiger partial charge in [-0.15, -0.1) is 0 Å². The Morgan fingerprint density at radius 2 is 2.05 bits per heavy atom. The van der Waals surface area contributed by atoms with E-state index in [0.29, 0.717) is 22.3 Å². The molecule has 0 amide bonds. The summed E-state index contributed by atoms with van der Waals surface area (Å²) in [6.07, 6.45) is 0. The number of allylic oxidation sites excluding steroid dienone is 1. The number of carbonyl (C=O) groups is 1. The molecule has 6 heteroatoms. The van der Waals surface area contributed by atoms with Crippen molar-refractivity contribution in [3.63, 3.8) is 0 Å². The molecule has 0 unspecified atom stereocenters. The number of hydrogen-bond acceptors (Lipinski definition) is 3. The molecule has 0 radical (unpaired) electrons. The number of hydrogen-bond donors (Lipinski definition) is 1. The van der Waals surface area contributed by atoms with E-state index in [1.807, 2.05) is 26.1 Å². The second kappa shape index (κ2) is 6.45. The van der Waals surface area contributed by atoms with E-state index in [1.165, 1.54) is 0 Å². The second-order valence-electron chi connectivity index (χ2n) is 4.71. The highest BCUT2D eigenvalue weighted by atomic mass is 35.5. The minimum atomic E-state index is -0.336. The smallest absolute Gasteiger partial charge is 0.338 e. The third-order valence-electron chi connectivity index (χ3n) is 3.45. The van der Waals surface area contributed by atoms with Gasteiger partial charge in [0, 0.05) is 17.8 Å². The van der Waals surface area contributed by atoms with Crippen LogP contribution in [0.25, 0.3) is 0 Å². The van der Waals surface area contributed by atoms with Crippen LogP contribution in [0.2, 0.25) is 5.02 Å². The lowest BCUT2D eigenvalue weighted by molar-refractivity contribution is -0.139. The molecular weight excluding hydrogens is 308 g/mol. The Hall–Kier alpha value is -1.59. The van der Waals surface area contributed by atoms with Crippen LogP contribution in [-0.4, -0.2) is 29.6 Å². The van der Waals surface area contributed by atoms with Crippen molar-refractivity contribution in [2.75, 3.05) is 13.7 Å². The zero-order chi connectivity index (χ0) is 15.6. The Morgan fingerprint density at radius 3 is 2.62 bits per heavy atom. The molecule has 1 heterocycles. The minimum absolute atomic E-state index is 0.329. The van der Waals surface area contributed by atoms with Crippen LogP contribution in [0.3, 0.4) is 0 Å². The zero-order valence-corrected chi connectivity index (χ0v) is 13.7. The van der Waals surface area contributed by atoms with Gasteiger partial charge < -0.3 is 15.0 Å². The number of rotatable bonds is 3. The van der Waals surface area contributed by atoms with Crippen molar-refractivity contribution < 1.29 is 9.53 Å². The van der Waals surface area contributed by atoms with E-state index in [1.54, 1.807) is 24.0 Å². The molecule has 0 bridgehead atoms. The maximum atomic E-state index is 12.3. The molecular formula is C15H17ClN2O2S. The molecule has 0 fully saturated rings. The minimum Gasteiger partial charge on any atom is -0.463 e. The molecule has 0 spiro atoms. The highest BCUT2D eigenvalue weighted by molar-refractivity contribution is 7.80. The van der Waals surface area contributed by atoms with Gasteiger partial charge in [0.1, 0.15) is 0 Å². The summed E-state index contributed by atoms with van der Waals surface area (Å²) in [4.78, 5) is 14.1. The van der Waals surface area contributed by atoms with Gasteiger partial charge in [0.2, 0.25) is 0 Å². The lowest BCUT2D eigenvalue weighted by atomic mass is 9.95. The molecule has 4 nitrogen and oxygen atoms in total. The van der Waals surface area contributed by atoms with Gasteiger partial charge in [0.15, 0.2) is 5.11 Å². The maximum Gasteiger partial charge on any atom is 0.338 e. The van der Waals surface area contributed by atoms with Crippen molar-refractivity contribution in [3.05, 3.63) is 46.1 Å². The quantitative estimate of drug-likeness (QED) is 0.683. The molecule has 0 saturated carbocycles. The summed E-state index contributed by atoms with van der Waals surface area (Å²) in [5, 5.41) is 4.39. The van der Waals surface area contributed by atoms with E-state index in [9.17, 15) is 4.79 Å². The summed E-state index contributed by atoms with van der Waals surface area (Å²) < 4.78 is 5.18. The lowest BCUT2D eigenvalue weighted by Gasteiger charge is -2.35. The fourth-order valence-electron chi connectivity index (χ4n) is 2.21. The van der Waals surface area contributed by atoms with Gasteiger partial charge >= 0.3 is 5.97 Å². The van der Waals surface area contributed by atoms with Gasteiger partial charge in [0.25, 0.3) is 0 Å². The number of ether oxygens (including phenoxy) is 1. The van der Waals surface area contributed by atoms with Gasteiger partial charge in [-0.3, -0.25) is 0 Å². The molecule has 112 valence electrons. The predicted molar refractivity (Wildman–Crippen MR) is 87.0 cm³/mol. The van der Waals surface area contributed by atoms with Crippen LogP contribution in [0.5, 0.6) is 0 Å². The fourth-order valence-corrected chi connectivity index (χ4v) is 2.59. The normalized spacial score (nSPS) is 18.6. The van der Waals surface area contributed by atoms with Crippen molar-refractivity contribution in [1.82, 2.24) is 10.2 Å². The van der Waals surface area contributed by atoms with E-state index >= 15 is 0 Å². The summed E-state index contributed by atoms with van der Waals surface area (Å²) in [5.41, 5.74) is 2.27. The summed E-state index contributed by atoms with van der Waals surface area (Å²) >= 11 is 11.2. The maximum absolute atomic E-state index is 12.3. The zero-order valence-electron chi connectivity index (χ0n) is 12.1. The van der Waals surface area contributed by atoms with Crippen LogP contribution in [0, 0.1) is 0 Å². The van der Waals surface area contributed by atoms with E-state index < -0.39 is 0 Å². The second-order valence-corrected chi connectivity index (χ2v) is 5.54. The van der Waals surface area contributed by atoms with Crippen LogP contribution in [-0.2, 0) is 9.53 Å². The lowest BCUT2D eigenvalue weighted by Crippen LogP contribution is -2.46. The van der Waals surface area contributed by atoms with Crippen LogP contribution >= 0.6 is 23.8 Å². The molecule has 1 aliphatic rings. The third-order valence-corrected chi connectivity index (χ3v) is 4.10. The number of nitrogens with zero attached hydrogens (tertiary/aromatic N) is 1. The van der Waals surface area contributed by atoms with Gasteiger partial charge in [0.05, 0.1) is 18.2 Å². The van der Waals surface area contributed by atoms with E-state index in [4.69, 9.17) is 28.6 Å². The van der Waals surface area contributed by atoms with E-state index in [0.717, 1.165) is 11.3 Å². The summed E-state index contributed by atoms with van der Waals surface area (Å²) in [6.45, 7) is 3.98. The number of carbonyl (C=O) groups excluding carboxylic acids is 1. The van der Waals surface area contributed by atoms with Gasteiger partial charge in [-0.1, -0.05) is 23.7 Å². The Balaban J connectivity index is 2.48. The fraction of sp³-hybridized carbons (Fsp3) is 0.333. The first-order chi connectivity index (χ1) is 9.95. The standard InChI is InChI=1S/C15H17ClN2O2S/c1-4-20-14(19)12-9(2)18(3)15(21)17-13(12)10-5-7-11(16)8-6-10/h5-8,13H,4H2,1-3H3,(H,17,21)/t13-/m0/s1. The Kier molecular flexibility index (Phi) is 4.85.